The van der Waals surface area contributed by atoms with Crippen molar-refractivity contribution in [3.63, 3.8) is 0 Å². The Bertz CT molecular complexity index is 1140. The van der Waals surface area contributed by atoms with Crippen LogP contribution in [0.3, 0.4) is 0 Å². The molecule has 3 N–H and O–H groups in total. The summed E-state index contributed by atoms with van der Waals surface area (Å²) in [5.41, 5.74) is 4.60. The van der Waals surface area contributed by atoms with E-state index in [1.54, 1.807) is 20.0 Å². The molecule has 2 aromatic carbocycles. The van der Waals surface area contributed by atoms with Gasteiger partial charge >= 0.3 is 5.97 Å². The second kappa shape index (κ2) is 7.41. The highest BCUT2D eigenvalue weighted by Crippen LogP contribution is 2.27. The van der Waals surface area contributed by atoms with Crippen LogP contribution in [0.25, 0.3) is 10.9 Å². The third kappa shape index (κ3) is 3.68. The van der Waals surface area contributed by atoms with Crippen molar-refractivity contribution in [3.8, 4) is 0 Å². The van der Waals surface area contributed by atoms with Crippen molar-refractivity contribution < 1.29 is 18.3 Å². The molecule has 0 amide bonds. The van der Waals surface area contributed by atoms with E-state index in [0.29, 0.717) is 11.1 Å². The summed E-state index contributed by atoms with van der Waals surface area (Å²) in [4.78, 5) is 15.1. The lowest BCUT2D eigenvalue weighted by Gasteiger charge is -2.19. The second-order valence-electron chi connectivity index (χ2n) is 7.17. The summed E-state index contributed by atoms with van der Waals surface area (Å²) in [6, 6.07) is 8.18. The number of benzene rings is 2. The molecule has 148 valence electrons. The Morgan fingerprint density at radius 2 is 1.71 bits per heavy atom. The van der Waals surface area contributed by atoms with Crippen LogP contribution in [-0.4, -0.2) is 30.5 Å². The van der Waals surface area contributed by atoms with Gasteiger partial charge in [-0.1, -0.05) is 24.3 Å². The number of aryl methyl sites for hydroxylation is 2. The molecule has 1 atom stereocenters. The normalized spacial score (nSPS) is 13.0. The summed E-state index contributed by atoms with van der Waals surface area (Å²) in [6.07, 6.45) is 1.77. The fraction of sp³-hybridized carbons (Fsp3) is 0.286. The summed E-state index contributed by atoms with van der Waals surface area (Å²) in [5.74, 6) is -1.21. The summed E-state index contributed by atoms with van der Waals surface area (Å²) in [5, 5.41) is 10.5. The topological polar surface area (TPSA) is 99.3 Å². The molecule has 0 aliphatic rings. The predicted octanol–water partition coefficient (Wildman–Crippen LogP) is 3.38. The number of hydrogen-bond acceptors (Lipinski definition) is 3. The van der Waals surface area contributed by atoms with Gasteiger partial charge in [-0.3, -0.25) is 4.79 Å². The van der Waals surface area contributed by atoms with Gasteiger partial charge in [0.15, 0.2) is 0 Å². The number of sulfonamides is 1. The number of para-hydroxylation sites is 1. The molecule has 0 fully saturated rings. The molecule has 28 heavy (non-hydrogen) atoms. The van der Waals surface area contributed by atoms with E-state index in [1.165, 1.54) is 0 Å². The first-order valence-corrected chi connectivity index (χ1v) is 10.5. The molecule has 0 aliphatic heterocycles. The fourth-order valence-electron chi connectivity index (χ4n) is 3.53. The van der Waals surface area contributed by atoms with Crippen molar-refractivity contribution in [1.29, 1.82) is 0 Å². The van der Waals surface area contributed by atoms with E-state index in [1.807, 2.05) is 44.2 Å². The summed E-state index contributed by atoms with van der Waals surface area (Å²) < 4.78 is 28.6. The number of nitrogens with one attached hydrogen (secondary N) is 2. The van der Waals surface area contributed by atoms with E-state index in [-0.39, 0.29) is 11.3 Å². The number of fused-ring (bicyclic) bond motifs is 1. The Labute approximate surface area is 164 Å². The number of aromatic nitrogens is 1. The SMILES string of the molecule is Cc1cc(C)c(C)c(S(=O)(=O)NC(Cc2c[nH]c3ccccc23)C(=O)O)c1C. The van der Waals surface area contributed by atoms with Crippen LogP contribution in [0.2, 0.25) is 0 Å². The zero-order chi connectivity index (χ0) is 20.6. The van der Waals surface area contributed by atoms with Crippen LogP contribution in [-0.2, 0) is 21.2 Å². The van der Waals surface area contributed by atoms with Crippen molar-refractivity contribution in [2.45, 2.75) is 45.1 Å². The molecular formula is C21H24N2O4S. The minimum atomic E-state index is -4.01. The second-order valence-corrected chi connectivity index (χ2v) is 8.82. The van der Waals surface area contributed by atoms with Crippen molar-refractivity contribution in [1.82, 2.24) is 9.71 Å². The van der Waals surface area contributed by atoms with E-state index in [2.05, 4.69) is 9.71 Å². The van der Waals surface area contributed by atoms with E-state index >= 15 is 0 Å². The zero-order valence-corrected chi connectivity index (χ0v) is 17.1. The fourth-order valence-corrected chi connectivity index (χ4v) is 5.33. The lowest BCUT2D eigenvalue weighted by atomic mass is 10.0. The minimum Gasteiger partial charge on any atom is -0.480 e. The van der Waals surface area contributed by atoms with Crippen molar-refractivity contribution >= 4 is 26.9 Å². The maximum absolute atomic E-state index is 13.1. The number of carbonyl (C=O) groups is 1. The number of aliphatic carboxylic acids is 1. The number of rotatable bonds is 6. The number of aromatic amines is 1. The lowest BCUT2D eigenvalue weighted by Crippen LogP contribution is -2.42. The molecule has 3 aromatic rings. The van der Waals surface area contributed by atoms with Gasteiger partial charge in [-0.05, 0) is 61.6 Å². The molecule has 0 saturated carbocycles. The maximum atomic E-state index is 13.1. The Morgan fingerprint density at radius 3 is 2.32 bits per heavy atom. The summed E-state index contributed by atoms with van der Waals surface area (Å²) >= 11 is 0. The van der Waals surface area contributed by atoms with E-state index in [4.69, 9.17) is 0 Å². The largest absolute Gasteiger partial charge is 0.480 e. The van der Waals surface area contributed by atoms with Crippen LogP contribution in [0.15, 0.2) is 41.4 Å². The van der Waals surface area contributed by atoms with Crippen molar-refractivity contribution in [2.24, 2.45) is 0 Å². The molecule has 0 spiro atoms. The van der Waals surface area contributed by atoms with Gasteiger partial charge in [-0.25, -0.2) is 8.42 Å². The monoisotopic (exact) mass is 400 g/mol. The third-order valence-corrected chi connectivity index (χ3v) is 7.01. The minimum absolute atomic E-state index is 0.0431. The number of carboxylic acid groups (broad SMARTS) is 1. The van der Waals surface area contributed by atoms with Gasteiger partial charge in [0.25, 0.3) is 0 Å². The quantitative estimate of drug-likeness (QED) is 0.591. The molecule has 0 saturated heterocycles. The molecule has 1 aromatic heterocycles. The van der Waals surface area contributed by atoms with Crippen LogP contribution in [0.5, 0.6) is 0 Å². The standard InChI is InChI=1S/C21H24N2O4S/c1-12-9-13(2)15(4)20(14(12)3)28(26,27)23-19(21(24)25)10-16-11-22-18-8-6-5-7-17(16)18/h5-9,11,19,22-23H,10H2,1-4H3,(H,24,25). The van der Waals surface area contributed by atoms with Gasteiger partial charge in [0.1, 0.15) is 6.04 Å². The Hall–Kier alpha value is -2.64. The first-order chi connectivity index (χ1) is 13.1. The molecule has 1 heterocycles. The molecule has 1 unspecified atom stereocenters. The number of carboxylic acids is 1. The van der Waals surface area contributed by atoms with Crippen LogP contribution in [0.4, 0.5) is 0 Å². The first kappa shape index (κ1) is 20.1. The van der Waals surface area contributed by atoms with Crippen molar-refractivity contribution in [3.05, 3.63) is 64.3 Å². The average molecular weight is 401 g/mol. The first-order valence-electron chi connectivity index (χ1n) is 8.99. The predicted molar refractivity (Wildman–Crippen MR) is 109 cm³/mol. The molecule has 0 bridgehead atoms. The summed E-state index contributed by atoms with van der Waals surface area (Å²) in [7, 11) is -4.01. The molecule has 3 rings (SSSR count). The van der Waals surface area contributed by atoms with Gasteiger partial charge in [0.2, 0.25) is 10.0 Å². The van der Waals surface area contributed by atoms with Gasteiger partial charge in [-0.15, -0.1) is 0 Å². The molecule has 0 radical (unpaired) electrons. The van der Waals surface area contributed by atoms with E-state index in [9.17, 15) is 18.3 Å². The van der Waals surface area contributed by atoms with Gasteiger partial charge in [0, 0.05) is 23.5 Å². The third-order valence-electron chi connectivity index (χ3n) is 5.26. The molecule has 7 heteroatoms. The highest BCUT2D eigenvalue weighted by molar-refractivity contribution is 7.89. The van der Waals surface area contributed by atoms with Gasteiger partial charge in [0.05, 0.1) is 4.90 Å². The Balaban J connectivity index is 1.98. The zero-order valence-electron chi connectivity index (χ0n) is 16.3. The van der Waals surface area contributed by atoms with Crippen molar-refractivity contribution in [2.75, 3.05) is 0 Å². The van der Waals surface area contributed by atoms with Crippen LogP contribution in [0, 0.1) is 27.7 Å². The molecule has 0 aliphatic carbocycles. The molecular weight excluding hydrogens is 376 g/mol. The highest BCUT2D eigenvalue weighted by Gasteiger charge is 2.29. The number of H-pyrrole nitrogens is 1. The smallest absolute Gasteiger partial charge is 0.322 e. The van der Waals surface area contributed by atoms with Crippen LogP contribution < -0.4 is 4.72 Å². The number of hydrogen-bond donors (Lipinski definition) is 3. The Kier molecular flexibility index (Phi) is 5.32. The van der Waals surface area contributed by atoms with Crippen LogP contribution in [0.1, 0.15) is 27.8 Å². The maximum Gasteiger partial charge on any atom is 0.322 e. The van der Waals surface area contributed by atoms with Gasteiger partial charge in [-0.2, -0.15) is 4.72 Å². The summed E-state index contributed by atoms with van der Waals surface area (Å²) in [6.45, 7) is 7.18. The van der Waals surface area contributed by atoms with E-state index < -0.39 is 22.0 Å². The van der Waals surface area contributed by atoms with Crippen LogP contribution >= 0.6 is 0 Å². The molecule has 6 nitrogen and oxygen atoms in total. The van der Waals surface area contributed by atoms with Gasteiger partial charge < -0.3 is 10.1 Å². The Morgan fingerprint density at radius 1 is 1.11 bits per heavy atom. The lowest BCUT2D eigenvalue weighted by molar-refractivity contribution is -0.138. The highest BCUT2D eigenvalue weighted by atomic mass is 32.2. The van der Waals surface area contributed by atoms with E-state index in [0.717, 1.165) is 27.6 Å². The average Bonchev–Trinajstić information content (AvgIpc) is 3.02.